The molecular formula is C14H18ClFO2S. The molecule has 0 radical (unpaired) electrons. The molecule has 5 heteroatoms. The molecule has 0 saturated heterocycles. The second-order valence-electron chi connectivity index (χ2n) is 5.25. The lowest BCUT2D eigenvalue weighted by Gasteiger charge is -2.39. The highest BCUT2D eigenvalue weighted by Crippen LogP contribution is 2.42. The van der Waals surface area contributed by atoms with E-state index in [1.165, 1.54) is 0 Å². The number of hydrogen-bond donors (Lipinski definition) is 1. The summed E-state index contributed by atoms with van der Waals surface area (Å²) in [4.78, 5) is 0.608. The van der Waals surface area contributed by atoms with Crippen LogP contribution in [0.4, 0.5) is 4.39 Å². The second kappa shape index (κ2) is 5.51. The molecule has 0 spiro atoms. The van der Waals surface area contributed by atoms with Gasteiger partial charge in [-0.3, -0.25) is 4.21 Å². The molecule has 5 atom stereocenters. The van der Waals surface area contributed by atoms with Crippen molar-refractivity contribution in [2.75, 3.05) is 0 Å². The van der Waals surface area contributed by atoms with E-state index in [0.717, 1.165) is 5.56 Å². The molecular weight excluding hydrogens is 287 g/mol. The van der Waals surface area contributed by atoms with Gasteiger partial charge in [-0.2, -0.15) is 0 Å². The van der Waals surface area contributed by atoms with Gasteiger partial charge in [0, 0.05) is 10.8 Å². The molecule has 0 bridgehead atoms. The Hall–Kier alpha value is -0.450. The highest BCUT2D eigenvalue weighted by Gasteiger charge is 2.50. The highest BCUT2D eigenvalue weighted by molar-refractivity contribution is 7.85. The lowest BCUT2D eigenvalue weighted by Crippen LogP contribution is -2.51. The molecule has 0 heterocycles. The maximum absolute atomic E-state index is 14.2. The third-order valence-corrected chi connectivity index (χ3v) is 6.19. The van der Waals surface area contributed by atoms with E-state index < -0.39 is 33.2 Å². The molecule has 1 aliphatic rings. The van der Waals surface area contributed by atoms with Crippen molar-refractivity contribution in [1.29, 1.82) is 0 Å². The third kappa shape index (κ3) is 2.86. The number of rotatable bonds is 2. The van der Waals surface area contributed by atoms with Gasteiger partial charge in [0.05, 0.1) is 16.0 Å². The molecule has 0 aromatic heterocycles. The summed E-state index contributed by atoms with van der Waals surface area (Å²) in [6.07, 6.45) is -0.361. The Morgan fingerprint density at radius 3 is 2.53 bits per heavy atom. The fourth-order valence-electron chi connectivity index (χ4n) is 2.38. The Bertz CT molecular complexity index is 475. The first-order valence-electron chi connectivity index (χ1n) is 6.37. The molecule has 1 aliphatic carbocycles. The van der Waals surface area contributed by atoms with Crippen LogP contribution in [0.2, 0.25) is 0 Å². The first kappa shape index (κ1) is 14.9. The Kier molecular flexibility index (Phi) is 4.33. The average Bonchev–Trinajstić information content (AvgIpc) is 2.37. The number of alkyl halides is 2. The maximum Gasteiger partial charge on any atom is 0.212 e. The number of hydrogen-bond acceptors (Lipinski definition) is 2. The van der Waals surface area contributed by atoms with Gasteiger partial charge >= 0.3 is 0 Å². The average molecular weight is 305 g/mol. The second-order valence-corrected chi connectivity index (χ2v) is 7.50. The highest BCUT2D eigenvalue weighted by atomic mass is 35.5. The van der Waals surface area contributed by atoms with Crippen LogP contribution in [0.25, 0.3) is 0 Å². The van der Waals surface area contributed by atoms with Gasteiger partial charge < -0.3 is 5.11 Å². The molecule has 1 saturated carbocycles. The summed E-state index contributed by atoms with van der Waals surface area (Å²) in [7, 11) is -1.44. The van der Waals surface area contributed by atoms with Crippen molar-refractivity contribution < 1.29 is 13.7 Å². The first-order valence-corrected chi connectivity index (χ1v) is 7.96. The van der Waals surface area contributed by atoms with Crippen molar-refractivity contribution in [3.63, 3.8) is 0 Å². The molecule has 0 unspecified atom stereocenters. The molecule has 0 aliphatic heterocycles. The van der Waals surface area contributed by atoms with E-state index in [2.05, 4.69) is 0 Å². The Labute approximate surface area is 120 Å². The van der Waals surface area contributed by atoms with Crippen LogP contribution in [0.1, 0.15) is 25.3 Å². The molecule has 106 valence electrons. The van der Waals surface area contributed by atoms with E-state index in [1.807, 2.05) is 19.1 Å². The van der Waals surface area contributed by atoms with Crippen molar-refractivity contribution in [3.05, 3.63) is 29.8 Å². The van der Waals surface area contributed by atoms with Crippen LogP contribution in [-0.2, 0) is 10.8 Å². The van der Waals surface area contributed by atoms with Gasteiger partial charge in [0.25, 0.3) is 0 Å². The maximum atomic E-state index is 14.2. The largest absolute Gasteiger partial charge is 0.387 e. The monoisotopic (exact) mass is 304 g/mol. The predicted octanol–water partition coefficient (Wildman–Crippen LogP) is 3.17. The molecule has 2 nitrogen and oxygen atoms in total. The van der Waals surface area contributed by atoms with E-state index in [1.54, 1.807) is 19.1 Å². The normalized spacial score (nSPS) is 37.0. The fraction of sp³-hybridized carbons (Fsp3) is 0.571. The van der Waals surface area contributed by atoms with E-state index >= 15 is 0 Å². The summed E-state index contributed by atoms with van der Waals surface area (Å²) in [5, 5.41) is 7.21. The zero-order chi connectivity index (χ0) is 14.2. The van der Waals surface area contributed by atoms with E-state index in [4.69, 9.17) is 11.6 Å². The predicted molar refractivity (Wildman–Crippen MR) is 75.5 cm³/mol. The Balaban J connectivity index is 2.22. The molecule has 1 aromatic carbocycles. The first-order chi connectivity index (χ1) is 8.84. The molecule has 2 rings (SSSR count). The molecule has 1 aromatic rings. The van der Waals surface area contributed by atoms with Crippen molar-refractivity contribution in [2.45, 2.75) is 48.1 Å². The van der Waals surface area contributed by atoms with Gasteiger partial charge in [0.15, 0.2) is 0 Å². The summed E-state index contributed by atoms with van der Waals surface area (Å²) < 4.78 is 26.7. The summed E-state index contributed by atoms with van der Waals surface area (Å²) in [6.45, 7) is 3.61. The van der Waals surface area contributed by atoms with Crippen LogP contribution in [0.5, 0.6) is 0 Å². The third-order valence-electron chi connectivity index (χ3n) is 3.82. The summed E-state index contributed by atoms with van der Waals surface area (Å²) in [6, 6.07) is 7.22. The molecule has 1 N–H and O–H groups in total. The minimum Gasteiger partial charge on any atom is -0.387 e. The van der Waals surface area contributed by atoms with Gasteiger partial charge in [-0.1, -0.05) is 36.2 Å². The van der Waals surface area contributed by atoms with E-state index in [-0.39, 0.29) is 0 Å². The van der Waals surface area contributed by atoms with Gasteiger partial charge in [-0.25, -0.2) is 4.39 Å². The Morgan fingerprint density at radius 1 is 1.37 bits per heavy atom. The minimum absolute atomic E-state index is 0.435. The van der Waals surface area contributed by atoms with Crippen LogP contribution in [0.15, 0.2) is 29.2 Å². The number of halogens is 2. The van der Waals surface area contributed by atoms with Crippen molar-refractivity contribution in [1.82, 2.24) is 0 Å². The van der Waals surface area contributed by atoms with Crippen LogP contribution < -0.4 is 0 Å². The zero-order valence-corrected chi connectivity index (χ0v) is 12.5. The summed E-state index contributed by atoms with van der Waals surface area (Å²) in [5.74, 6) is -0.435. The van der Waals surface area contributed by atoms with Crippen LogP contribution >= 0.6 is 11.6 Å². The van der Waals surface area contributed by atoms with Crippen molar-refractivity contribution >= 4 is 22.4 Å². The van der Waals surface area contributed by atoms with Gasteiger partial charge in [-0.05, 0) is 31.9 Å². The number of aryl methyl sites for hydroxylation is 1. The number of benzene rings is 1. The van der Waals surface area contributed by atoms with Gasteiger partial charge in [-0.15, -0.1) is 0 Å². The topological polar surface area (TPSA) is 37.3 Å². The summed E-state index contributed by atoms with van der Waals surface area (Å²) in [5.41, 5.74) is 1.07. The quantitative estimate of drug-likeness (QED) is 0.852. The lowest BCUT2D eigenvalue weighted by molar-refractivity contribution is -0.0125. The zero-order valence-electron chi connectivity index (χ0n) is 11.0. The SMILES string of the molecule is Cc1ccc([S@](=O)[C@H]2CC[C@H](C)[C@](F)(Cl)[C@H]2O)cc1. The smallest absolute Gasteiger partial charge is 0.212 e. The number of aliphatic hydroxyl groups excluding tert-OH is 1. The number of aliphatic hydroxyl groups is 1. The fourth-order valence-corrected chi connectivity index (χ4v) is 4.25. The van der Waals surface area contributed by atoms with Crippen LogP contribution in [0, 0.1) is 12.8 Å². The van der Waals surface area contributed by atoms with Crippen molar-refractivity contribution in [2.24, 2.45) is 5.92 Å². The molecule has 0 amide bonds. The molecule has 1 fully saturated rings. The Morgan fingerprint density at radius 2 is 1.95 bits per heavy atom. The van der Waals surface area contributed by atoms with Crippen LogP contribution in [-0.4, -0.2) is 25.8 Å². The van der Waals surface area contributed by atoms with E-state index in [9.17, 15) is 13.7 Å². The van der Waals surface area contributed by atoms with Gasteiger partial charge in [0.2, 0.25) is 5.13 Å². The lowest BCUT2D eigenvalue weighted by atomic mass is 9.86. The minimum atomic E-state index is -2.19. The van der Waals surface area contributed by atoms with Gasteiger partial charge in [0.1, 0.15) is 6.10 Å². The standard InChI is InChI=1S/C14H18ClFO2S/c1-9-3-6-11(7-4-9)19(18)12-8-5-10(2)14(15,16)13(12)17/h3-4,6-7,10,12-13,17H,5,8H2,1-2H3/t10-,12-,13-,14+,19-/m0/s1. The van der Waals surface area contributed by atoms with Crippen LogP contribution in [0.3, 0.4) is 0 Å². The van der Waals surface area contributed by atoms with Crippen molar-refractivity contribution in [3.8, 4) is 0 Å². The van der Waals surface area contributed by atoms with E-state index in [0.29, 0.717) is 17.7 Å². The molecule has 19 heavy (non-hydrogen) atoms. The summed E-state index contributed by atoms with van der Waals surface area (Å²) >= 11 is 5.77.